The first-order valence-electron chi connectivity index (χ1n) is 4.06. The molecule has 1 rings (SSSR count). The van der Waals surface area contributed by atoms with Gasteiger partial charge in [0.2, 0.25) is 5.91 Å². The predicted molar refractivity (Wildman–Crippen MR) is 45.8 cm³/mol. The summed E-state index contributed by atoms with van der Waals surface area (Å²) < 4.78 is 0. The maximum Gasteiger partial charge on any atom is 0.303 e. The molecule has 13 heavy (non-hydrogen) atoms. The van der Waals surface area contributed by atoms with Gasteiger partial charge in [0, 0.05) is 19.0 Å². The fraction of sp³-hybridized carbons (Fsp3) is 0.556. The summed E-state index contributed by atoms with van der Waals surface area (Å²) in [6, 6.07) is 0. The van der Waals surface area contributed by atoms with Crippen molar-refractivity contribution in [1.29, 1.82) is 0 Å². The van der Waals surface area contributed by atoms with Gasteiger partial charge in [0.1, 0.15) is 0 Å². The van der Waals surface area contributed by atoms with Crippen molar-refractivity contribution < 1.29 is 14.7 Å². The molecule has 1 saturated heterocycles. The first-order valence-corrected chi connectivity index (χ1v) is 4.06. The monoisotopic (exact) mass is 181 g/mol. The lowest BCUT2D eigenvalue weighted by molar-refractivity contribution is -0.144. The van der Waals surface area contributed by atoms with E-state index >= 15 is 0 Å². The van der Waals surface area contributed by atoms with Crippen LogP contribution in [0.15, 0.2) is 0 Å². The molecule has 0 aromatic rings. The molecule has 0 aliphatic carbocycles. The van der Waals surface area contributed by atoms with Gasteiger partial charge in [-0.15, -0.1) is 6.42 Å². The van der Waals surface area contributed by atoms with Gasteiger partial charge in [-0.3, -0.25) is 9.59 Å². The Balaban J connectivity index is 2.22. The number of carbonyl (C=O) groups excluding carboxylic acids is 1. The van der Waals surface area contributed by atoms with Crippen molar-refractivity contribution in [3.8, 4) is 12.3 Å². The Hall–Kier alpha value is -1.50. The third-order valence-electron chi connectivity index (χ3n) is 2.03. The van der Waals surface area contributed by atoms with Crippen molar-refractivity contribution in [3.05, 3.63) is 0 Å². The van der Waals surface area contributed by atoms with Crippen molar-refractivity contribution >= 4 is 11.9 Å². The third kappa shape index (κ3) is 2.48. The molecule has 70 valence electrons. The van der Waals surface area contributed by atoms with Gasteiger partial charge in [-0.1, -0.05) is 5.92 Å². The molecule has 0 radical (unpaired) electrons. The van der Waals surface area contributed by atoms with Crippen LogP contribution >= 0.6 is 0 Å². The summed E-state index contributed by atoms with van der Waals surface area (Å²) in [5, 5.41) is 8.44. The van der Waals surface area contributed by atoms with E-state index in [0.717, 1.165) is 0 Å². The van der Waals surface area contributed by atoms with E-state index in [-0.39, 0.29) is 24.7 Å². The SMILES string of the molecule is C#CCC(=O)N1CC(CC(=O)O)C1. The molecule has 1 amide bonds. The minimum absolute atomic E-state index is 0.0795. The van der Waals surface area contributed by atoms with Gasteiger partial charge in [-0.25, -0.2) is 0 Å². The molecule has 0 bridgehead atoms. The van der Waals surface area contributed by atoms with Crippen molar-refractivity contribution in [1.82, 2.24) is 4.90 Å². The third-order valence-corrected chi connectivity index (χ3v) is 2.03. The van der Waals surface area contributed by atoms with Crippen LogP contribution in [0.3, 0.4) is 0 Å². The molecule has 0 aromatic heterocycles. The molecule has 1 fully saturated rings. The summed E-state index contributed by atoms with van der Waals surface area (Å²) in [6.07, 6.45) is 5.22. The van der Waals surface area contributed by atoms with Crippen molar-refractivity contribution in [2.24, 2.45) is 5.92 Å². The van der Waals surface area contributed by atoms with Crippen LogP contribution in [-0.2, 0) is 9.59 Å². The van der Waals surface area contributed by atoms with E-state index in [1.54, 1.807) is 4.90 Å². The maximum atomic E-state index is 11.1. The zero-order chi connectivity index (χ0) is 9.84. The normalized spacial score (nSPS) is 16.1. The minimum Gasteiger partial charge on any atom is -0.481 e. The quantitative estimate of drug-likeness (QED) is 0.621. The van der Waals surface area contributed by atoms with Gasteiger partial charge in [0.15, 0.2) is 0 Å². The lowest BCUT2D eigenvalue weighted by Gasteiger charge is -2.38. The van der Waals surface area contributed by atoms with Crippen LogP contribution in [0.2, 0.25) is 0 Å². The first-order chi connectivity index (χ1) is 6.13. The number of rotatable bonds is 3. The van der Waals surface area contributed by atoms with Gasteiger partial charge in [-0.05, 0) is 0 Å². The Morgan fingerprint density at radius 2 is 2.15 bits per heavy atom. The molecule has 4 nitrogen and oxygen atoms in total. The smallest absolute Gasteiger partial charge is 0.303 e. The Morgan fingerprint density at radius 3 is 2.62 bits per heavy atom. The van der Waals surface area contributed by atoms with E-state index in [2.05, 4.69) is 5.92 Å². The second kappa shape index (κ2) is 3.94. The van der Waals surface area contributed by atoms with Crippen LogP contribution in [0.5, 0.6) is 0 Å². The fourth-order valence-corrected chi connectivity index (χ4v) is 1.35. The Kier molecular flexibility index (Phi) is 2.91. The Morgan fingerprint density at radius 1 is 1.54 bits per heavy atom. The Bertz CT molecular complexity index is 261. The number of likely N-dealkylation sites (tertiary alicyclic amines) is 1. The van der Waals surface area contributed by atoms with E-state index in [0.29, 0.717) is 13.1 Å². The van der Waals surface area contributed by atoms with E-state index in [4.69, 9.17) is 11.5 Å². The van der Waals surface area contributed by atoms with Gasteiger partial charge in [0.05, 0.1) is 12.8 Å². The lowest BCUT2D eigenvalue weighted by atomic mass is 9.96. The second-order valence-electron chi connectivity index (χ2n) is 3.14. The molecule has 0 saturated carbocycles. The van der Waals surface area contributed by atoms with Crippen LogP contribution < -0.4 is 0 Å². The van der Waals surface area contributed by atoms with Crippen LogP contribution in [-0.4, -0.2) is 35.0 Å². The van der Waals surface area contributed by atoms with Crippen molar-refractivity contribution in [2.45, 2.75) is 12.8 Å². The van der Waals surface area contributed by atoms with E-state index in [1.807, 2.05) is 0 Å². The number of amides is 1. The highest BCUT2D eigenvalue weighted by Gasteiger charge is 2.31. The minimum atomic E-state index is -0.811. The van der Waals surface area contributed by atoms with Crippen LogP contribution in [0.4, 0.5) is 0 Å². The standard InChI is InChI=1S/C9H11NO3/c1-2-3-8(11)10-5-7(6-10)4-9(12)13/h1,7H,3-6H2,(H,12,13). The van der Waals surface area contributed by atoms with Crippen LogP contribution in [0.1, 0.15) is 12.8 Å². The summed E-state index contributed by atoms with van der Waals surface area (Å²) in [5.41, 5.74) is 0. The number of hydrogen-bond donors (Lipinski definition) is 1. The molecule has 1 heterocycles. The largest absolute Gasteiger partial charge is 0.481 e. The molecule has 4 heteroatoms. The predicted octanol–water partition coefficient (Wildman–Crippen LogP) is -0.0572. The highest BCUT2D eigenvalue weighted by atomic mass is 16.4. The van der Waals surface area contributed by atoms with Gasteiger partial charge in [0.25, 0.3) is 0 Å². The number of carboxylic acids is 1. The highest BCUT2D eigenvalue weighted by Crippen LogP contribution is 2.19. The van der Waals surface area contributed by atoms with Crippen molar-refractivity contribution in [3.63, 3.8) is 0 Å². The van der Waals surface area contributed by atoms with Gasteiger partial charge >= 0.3 is 5.97 Å². The van der Waals surface area contributed by atoms with Crippen LogP contribution in [0.25, 0.3) is 0 Å². The summed E-state index contributed by atoms with van der Waals surface area (Å²) in [5.74, 6) is 1.48. The van der Waals surface area contributed by atoms with Gasteiger partial charge < -0.3 is 10.0 Å². The number of terminal acetylenes is 1. The summed E-state index contributed by atoms with van der Waals surface area (Å²) in [6.45, 7) is 1.07. The zero-order valence-electron chi connectivity index (χ0n) is 7.19. The number of nitrogens with zero attached hydrogens (tertiary/aromatic N) is 1. The molecule has 0 unspecified atom stereocenters. The molecule has 0 spiro atoms. The number of carbonyl (C=O) groups is 2. The number of aliphatic carboxylic acids is 1. The lowest BCUT2D eigenvalue weighted by Crippen LogP contribution is -2.50. The van der Waals surface area contributed by atoms with Crippen LogP contribution in [0, 0.1) is 18.3 Å². The second-order valence-corrected chi connectivity index (χ2v) is 3.14. The van der Waals surface area contributed by atoms with E-state index in [9.17, 15) is 9.59 Å². The molecular formula is C9H11NO3. The number of hydrogen-bond acceptors (Lipinski definition) is 2. The molecule has 1 N–H and O–H groups in total. The zero-order valence-corrected chi connectivity index (χ0v) is 7.19. The number of carboxylic acid groups (broad SMARTS) is 1. The van der Waals surface area contributed by atoms with Gasteiger partial charge in [-0.2, -0.15) is 0 Å². The molecule has 0 atom stereocenters. The van der Waals surface area contributed by atoms with E-state index < -0.39 is 5.97 Å². The molecule has 1 aliphatic rings. The fourth-order valence-electron chi connectivity index (χ4n) is 1.35. The summed E-state index contributed by atoms with van der Waals surface area (Å²) in [7, 11) is 0. The summed E-state index contributed by atoms with van der Waals surface area (Å²) >= 11 is 0. The maximum absolute atomic E-state index is 11.1. The Labute approximate surface area is 76.5 Å². The molecular weight excluding hydrogens is 170 g/mol. The first kappa shape index (κ1) is 9.59. The highest BCUT2D eigenvalue weighted by molar-refractivity contribution is 5.79. The summed E-state index contributed by atoms with van der Waals surface area (Å²) in [4.78, 5) is 23.0. The average Bonchev–Trinajstić information content (AvgIpc) is 1.95. The molecule has 1 aliphatic heterocycles. The molecule has 0 aromatic carbocycles. The van der Waals surface area contributed by atoms with E-state index in [1.165, 1.54) is 0 Å². The average molecular weight is 181 g/mol. The van der Waals surface area contributed by atoms with Crippen molar-refractivity contribution in [2.75, 3.05) is 13.1 Å². The topological polar surface area (TPSA) is 57.6 Å².